The lowest BCUT2D eigenvalue weighted by atomic mass is 9.99. The fourth-order valence-corrected chi connectivity index (χ4v) is 6.40. The van der Waals surface area contributed by atoms with Gasteiger partial charge in [0.25, 0.3) is 0 Å². The van der Waals surface area contributed by atoms with Crippen LogP contribution in [-0.4, -0.2) is 19.5 Å². The fraction of sp³-hybridized carbons (Fsp3) is 0.0263. The molecule has 6 aromatic carbocycles. The topological polar surface area (TPSA) is 56.7 Å². The predicted molar refractivity (Wildman–Crippen MR) is 175 cm³/mol. The van der Waals surface area contributed by atoms with Crippen LogP contribution >= 0.6 is 0 Å². The van der Waals surface area contributed by atoms with Gasteiger partial charge in [0.2, 0.25) is 5.95 Å². The Bertz CT molecular complexity index is 2470. The average molecular weight is 553 g/mol. The Morgan fingerprint density at radius 3 is 1.81 bits per heavy atom. The summed E-state index contributed by atoms with van der Waals surface area (Å²) in [6.07, 6.45) is 0. The third kappa shape index (κ3) is 3.61. The molecule has 5 nitrogen and oxygen atoms in total. The molecular formula is C38H24N4O. The van der Waals surface area contributed by atoms with Gasteiger partial charge in [0.05, 0.1) is 11.0 Å². The third-order valence-corrected chi connectivity index (χ3v) is 8.38. The van der Waals surface area contributed by atoms with Gasteiger partial charge in [-0.25, -0.2) is 4.98 Å². The zero-order chi connectivity index (χ0) is 28.5. The Hall–Kier alpha value is -5.81. The van der Waals surface area contributed by atoms with Crippen molar-refractivity contribution in [2.24, 2.45) is 0 Å². The highest BCUT2D eigenvalue weighted by Gasteiger charge is 2.19. The molecule has 0 N–H and O–H groups in total. The predicted octanol–water partition coefficient (Wildman–Crippen LogP) is 9.66. The van der Waals surface area contributed by atoms with Crippen LogP contribution in [0.1, 0.15) is 5.56 Å². The van der Waals surface area contributed by atoms with Gasteiger partial charge in [-0.3, -0.25) is 4.57 Å². The highest BCUT2D eigenvalue weighted by Crippen LogP contribution is 2.38. The summed E-state index contributed by atoms with van der Waals surface area (Å²) in [7, 11) is 0. The molecule has 3 aromatic heterocycles. The minimum atomic E-state index is 0.583. The van der Waals surface area contributed by atoms with E-state index < -0.39 is 0 Å². The quantitative estimate of drug-likeness (QED) is 0.219. The molecule has 3 heterocycles. The van der Waals surface area contributed by atoms with Crippen molar-refractivity contribution in [3.63, 3.8) is 0 Å². The second-order valence-corrected chi connectivity index (χ2v) is 10.9. The first kappa shape index (κ1) is 23.9. The molecule has 9 aromatic rings. The van der Waals surface area contributed by atoms with Gasteiger partial charge < -0.3 is 4.42 Å². The molecular weight excluding hydrogens is 528 g/mol. The number of benzene rings is 6. The largest absolute Gasteiger partial charge is 0.456 e. The van der Waals surface area contributed by atoms with E-state index in [4.69, 9.17) is 19.4 Å². The molecule has 0 saturated heterocycles. The maximum absolute atomic E-state index is 6.35. The smallest absolute Gasteiger partial charge is 0.238 e. The molecule has 0 amide bonds. The summed E-state index contributed by atoms with van der Waals surface area (Å²) in [6, 6.07) is 43.8. The highest BCUT2D eigenvalue weighted by atomic mass is 16.3. The number of hydrogen-bond donors (Lipinski definition) is 0. The molecule has 43 heavy (non-hydrogen) atoms. The van der Waals surface area contributed by atoms with Gasteiger partial charge in [0, 0.05) is 32.7 Å². The summed E-state index contributed by atoms with van der Waals surface area (Å²) in [5.74, 6) is 1.82. The van der Waals surface area contributed by atoms with E-state index in [-0.39, 0.29) is 0 Å². The fourth-order valence-electron chi connectivity index (χ4n) is 6.40. The molecule has 0 aliphatic rings. The molecule has 9 rings (SSSR count). The van der Waals surface area contributed by atoms with Crippen molar-refractivity contribution in [2.45, 2.75) is 6.92 Å². The van der Waals surface area contributed by atoms with Crippen molar-refractivity contribution in [3.8, 4) is 28.7 Å². The van der Waals surface area contributed by atoms with E-state index in [2.05, 4.69) is 96.4 Å². The first-order chi connectivity index (χ1) is 21.2. The first-order valence-electron chi connectivity index (χ1n) is 14.4. The van der Waals surface area contributed by atoms with Crippen LogP contribution in [0.25, 0.3) is 83.2 Å². The molecule has 0 radical (unpaired) electrons. The number of aryl methyl sites for hydroxylation is 1. The van der Waals surface area contributed by atoms with Gasteiger partial charge >= 0.3 is 0 Å². The standard InChI is InChI=1S/C38H24N4O/c1-23-21-34-35(29-16-6-5-13-26(23)29)30-22-25(19-20-33(30)43-34)37-39-36(24-11-3-2-4-12-24)40-38(41-37)42-31-17-9-7-14-27(31)28-15-8-10-18-32(28)42/h2-22H,1H3. The number of nitrogens with zero attached hydrogens (tertiary/aromatic N) is 4. The third-order valence-electron chi connectivity index (χ3n) is 8.38. The summed E-state index contributed by atoms with van der Waals surface area (Å²) in [5.41, 5.74) is 6.87. The molecule has 5 heteroatoms. The Balaban J connectivity index is 1.34. The molecule has 0 atom stereocenters. The lowest BCUT2D eigenvalue weighted by molar-refractivity contribution is 0.669. The van der Waals surface area contributed by atoms with E-state index in [0.29, 0.717) is 17.6 Å². The molecule has 202 valence electrons. The summed E-state index contributed by atoms with van der Waals surface area (Å²) in [5, 5.41) is 6.88. The molecule has 0 spiro atoms. The molecule has 0 fully saturated rings. The second-order valence-electron chi connectivity index (χ2n) is 10.9. The maximum Gasteiger partial charge on any atom is 0.238 e. The lowest BCUT2D eigenvalue weighted by Crippen LogP contribution is -2.06. The van der Waals surface area contributed by atoms with Crippen LogP contribution in [0.5, 0.6) is 0 Å². The van der Waals surface area contributed by atoms with Crippen molar-refractivity contribution in [2.75, 3.05) is 0 Å². The summed E-state index contributed by atoms with van der Waals surface area (Å²) < 4.78 is 8.49. The van der Waals surface area contributed by atoms with Gasteiger partial charge in [-0.05, 0) is 59.7 Å². The van der Waals surface area contributed by atoms with Gasteiger partial charge in [0.1, 0.15) is 11.2 Å². The number of fused-ring (bicyclic) bond motifs is 8. The average Bonchev–Trinajstić information content (AvgIpc) is 3.60. The van der Waals surface area contributed by atoms with Crippen LogP contribution in [0.2, 0.25) is 0 Å². The van der Waals surface area contributed by atoms with E-state index in [1.54, 1.807) is 0 Å². The zero-order valence-corrected chi connectivity index (χ0v) is 23.3. The van der Waals surface area contributed by atoms with Gasteiger partial charge in [-0.15, -0.1) is 0 Å². The van der Waals surface area contributed by atoms with E-state index in [0.717, 1.165) is 54.9 Å². The van der Waals surface area contributed by atoms with Gasteiger partial charge in [-0.1, -0.05) is 91.0 Å². The molecule has 0 bridgehead atoms. The van der Waals surface area contributed by atoms with Crippen LogP contribution in [0.15, 0.2) is 132 Å². The summed E-state index contributed by atoms with van der Waals surface area (Å²) in [6.45, 7) is 2.13. The number of para-hydroxylation sites is 2. The first-order valence-corrected chi connectivity index (χ1v) is 14.4. The van der Waals surface area contributed by atoms with Crippen molar-refractivity contribution >= 4 is 54.5 Å². The van der Waals surface area contributed by atoms with Gasteiger partial charge in [0.15, 0.2) is 11.6 Å². The molecule has 0 aliphatic carbocycles. The Labute approximate surface area is 246 Å². The number of furan rings is 1. The molecule has 0 unspecified atom stereocenters. The number of rotatable bonds is 3. The van der Waals surface area contributed by atoms with E-state index in [9.17, 15) is 0 Å². The van der Waals surface area contributed by atoms with Crippen LogP contribution in [-0.2, 0) is 0 Å². The molecule has 0 saturated carbocycles. The molecule has 0 aliphatic heterocycles. The highest BCUT2D eigenvalue weighted by molar-refractivity contribution is 6.20. The zero-order valence-electron chi connectivity index (χ0n) is 23.3. The summed E-state index contributed by atoms with van der Waals surface area (Å²) in [4.78, 5) is 15.2. The summed E-state index contributed by atoms with van der Waals surface area (Å²) >= 11 is 0. The lowest BCUT2D eigenvalue weighted by Gasteiger charge is -2.11. The van der Waals surface area contributed by atoms with Crippen LogP contribution in [0.4, 0.5) is 0 Å². The minimum Gasteiger partial charge on any atom is -0.456 e. The second kappa shape index (κ2) is 9.10. The minimum absolute atomic E-state index is 0.583. The van der Waals surface area contributed by atoms with Crippen LogP contribution < -0.4 is 0 Å². The van der Waals surface area contributed by atoms with Crippen molar-refractivity contribution in [3.05, 3.63) is 133 Å². The number of aromatic nitrogens is 4. The van der Waals surface area contributed by atoms with Crippen molar-refractivity contribution in [1.82, 2.24) is 19.5 Å². The van der Waals surface area contributed by atoms with Crippen LogP contribution in [0, 0.1) is 6.92 Å². The normalized spacial score (nSPS) is 11.8. The Morgan fingerprint density at radius 2 is 1.09 bits per heavy atom. The SMILES string of the molecule is Cc1cc2oc3ccc(-c4nc(-c5ccccc5)nc(-n5c6ccccc6c6ccccc65)n4)cc3c2c2ccccc12. The monoisotopic (exact) mass is 552 g/mol. The number of hydrogen-bond acceptors (Lipinski definition) is 4. The van der Waals surface area contributed by atoms with E-state index in [1.807, 2.05) is 42.5 Å². The Morgan fingerprint density at radius 1 is 0.488 bits per heavy atom. The Kier molecular flexibility index (Phi) is 5.05. The van der Waals surface area contributed by atoms with E-state index in [1.165, 1.54) is 16.3 Å². The van der Waals surface area contributed by atoms with Gasteiger partial charge in [-0.2, -0.15) is 9.97 Å². The van der Waals surface area contributed by atoms with E-state index >= 15 is 0 Å². The maximum atomic E-state index is 6.35. The van der Waals surface area contributed by atoms with Crippen molar-refractivity contribution in [1.29, 1.82) is 0 Å². The van der Waals surface area contributed by atoms with Crippen LogP contribution in [0.3, 0.4) is 0 Å². The van der Waals surface area contributed by atoms with Crippen molar-refractivity contribution < 1.29 is 4.42 Å².